The fourth-order valence-corrected chi connectivity index (χ4v) is 2.29. The molecular formula is C14H25F3N4O2. The lowest BCUT2D eigenvalue weighted by atomic mass is 10.3. The standard InChI is InChI=1S/C14H25F3N4O2/c1-3-12(22)21-7-5-11(9-21)20-13(18-2)19-6-4-8-23-10-14(15,16)17/h11H,3-10H2,1-2H3,(H2,18,19,20). The second-order valence-electron chi connectivity index (χ2n) is 5.34. The number of ether oxygens (including phenoxy) is 1. The first-order valence-corrected chi connectivity index (χ1v) is 7.75. The van der Waals surface area contributed by atoms with Crippen molar-refractivity contribution in [1.82, 2.24) is 15.5 Å². The van der Waals surface area contributed by atoms with Crippen molar-refractivity contribution in [3.05, 3.63) is 0 Å². The van der Waals surface area contributed by atoms with Gasteiger partial charge in [-0.15, -0.1) is 0 Å². The van der Waals surface area contributed by atoms with Gasteiger partial charge in [0, 0.05) is 45.8 Å². The Hall–Kier alpha value is -1.51. The van der Waals surface area contributed by atoms with Crippen molar-refractivity contribution in [2.45, 2.75) is 38.4 Å². The summed E-state index contributed by atoms with van der Waals surface area (Å²) < 4.78 is 40.2. The van der Waals surface area contributed by atoms with Crippen LogP contribution in [0, 0.1) is 0 Å². The minimum atomic E-state index is -4.28. The van der Waals surface area contributed by atoms with Gasteiger partial charge in [-0.3, -0.25) is 9.79 Å². The molecule has 0 aromatic rings. The number of likely N-dealkylation sites (tertiary alicyclic amines) is 1. The molecule has 0 aliphatic carbocycles. The molecule has 0 aromatic heterocycles. The summed E-state index contributed by atoms with van der Waals surface area (Å²) in [7, 11) is 1.62. The van der Waals surface area contributed by atoms with Crippen molar-refractivity contribution >= 4 is 11.9 Å². The van der Waals surface area contributed by atoms with Crippen LogP contribution in [0.15, 0.2) is 4.99 Å². The molecule has 1 rings (SSSR count). The van der Waals surface area contributed by atoms with Gasteiger partial charge in [-0.05, 0) is 12.8 Å². The lowest BCUT2D eigenvalue weighted by Crippen LogP contribution is -2.45. The molecule has 1 atom stereocenters. The van der Waals surface area contributed by atoms with Crippen molar-refractivity contribution in [2.24, 2.45) is 4.99 Å². The lowest BCUT2D eigenvalue weighted by Gasteiger charge is -2.18. The molecule has 23 heavy (non-hydrogen) atoms. The fourth-order valence-electron chi connectivity index (χ4n) is 2.29. The van der Waals surface area contributed by atoms with Crippen molar-refractivity contribution in [3.8, 4) is 0 Å². The summed E-state index contributed by atoms with van der Waals surface area (Å²) in [5.74, 6) is 0.718. The van der Waals surface area contributed by atoms with Crippen LogP contribution >= 0.6 is 0 Å². The molecule has 0 radical (unpaired) electrons. The van der Waals surface area contributed by atoms with Crippen molar-refractivity contribution in [2.75, 3.05) is 39.9 Å². The third-order valence-electron chi connectivity index (χ3n) is 3.43. The number of nitrogens with one attached hydrogen (secondary N) is 2. The van der Waals surface area contributed by atoms with Crippen LogP contribution < -0.4 is 10.6 Å². The van der Waals surface area contributed by atoms with E-state index in [4.69, 9.17) is 0 Å². The number of hydrogen-bond donors (Lipinski definition) is 2. The van der Waals surface area contributed by atoms with Crippen molar-refractivity contribution in [1.29, 1.82) is 0 Å². The summed E-state index contributed by atoms with van der Waals surface area (Å²) in [6, 6.07) is 0.137. The maximum atomic E-state index is 11.9. The van der Waals surface area contributed by atoms with Crippen LogP contribution in [0.4, 0.5) is 13.2 Å². The van der Waals surface area contributed by atoms with Crippen LogP contribution in [0.1, 0.15) is 26.2 Å². The summed E-state index contributed by atoms with van der Waals surface area (Å²) in [5.41, 5.74) is 0. The predicted molar refractivity (Wildman–Crippen MR) is 81.3 cm³/mol. The average Bonchev–Trinajstić information content (AvgIpc) is 2.96. The van der Waals surface area contributed by atoms with Gasteiger partial charge >= 0.3 is 6.18 Å². The molecule has 1 unspecified atom stereocenters. The molecule has 0 aromatic carbocycles. The number of aliphatic imine (C=N–C) groups is 1. The quantitative estimate of drug-likeness (QED) is 0.415. The smallest absolute Gasteiger partial charge is 0.372 e. The number of carbonyl (C=O) groups is 1. The number of halogens is 3. The predicted octanol–water partition coefficient (Wildman–Crippen LogP) is 1.13. The Bertz CT molecular complexity index is 402. The van der Waals surface area contributed by atoms with Crippen molar-refractivity contribution in [3.63, 3.8) is 0 Å². The Balaban J connectivity index is 2.17. The van der Waals surface area contributed by atoms with Gasteiger partial charge in [0.15, 0.2) is 5.96 Å². The summed E-state index contributed by atoms with van der Waals surface area (Å²) in [4.78, 5) is 17.5. The van der Waals surface area contributed by atoms with Crippen LogP contribution in [-0.4, -0.2) is 68.9 Å². The summed E-state index contributed by atoms with van der Waals surface area (Å²) in [5, 5.41) is 6.24. The van der Waals surface area contributed by atoms with E-state index in [2.05, 4.69) is 20.4 Å². The van der Waals surface area contributed by atoms with E-state index < -0.39 is 12.8 Å². The Kier molecular flexibility index (Phi) is 8.15. The van der Waals surface area contributed by atoms with Crippen LogP contribution in [0.25, 0.3) is 0 Å². The number of hydrogen-bond acceptors (Lipinski definition) is 3. The Morgan fingerprint density at radius 3 is 2.78 bits per heavy atom. The van der Waals surface area contributed by atoms with Crippen LogP contribution in [0.5, 0.6) is 0 Å². The first kappa shape index (κ1) is 19.5. The topological polar surface area (TPSA) is 66.0 Å². The Labute approximate surface area is 134 Å². The fraction of sp³-hybridized carbons (Fsp3) is 0.857. The molecule has 0 saturated carbocycles. The van der Waals surface area contributed by atoms with Crippen LogP contribution in [0.3, 0.4) is 0 Å². The molecule has 2 N–H and O–H groups in total. The van der Waals surface area contributed by atoms with E-state index in [0.717, 1.165) is 13.0 Å². The van der Waals surface area contributed by atoms with Gasteiger partial charge in [-0.1, -0.05) is 6.92 Å². The van der Waals surface area contributed by atoms with Crippen LogP contribution in [0.2, 0.25) is 0 Å². The molecule has 1 fully saturated rings. The van der Waals surface area contributed by atoms with E-state index in [1.54, 1.807) is 7.05 Å². The highest BCUT2D eigenvalue weighted by Crippen LogP contribution is 2.14. The highest BCUT2D eigenvalue weighted by molar-refractivity contribution is 5.80. The first-order valence-electron chi connectivity index (χ1n) is 7.75. The maximum Gasteiger partial charge on any atom is 0.411 e. The molecule has 1 heterocycles. The SMILES string of the molecule is CCC(=O)N1CCC(NC(=NC)NCCCOCC(F)(F)F)C1. The second-order valence-corrected chi connectivity index (χ2v) is 5.34. The van der Waals surface area contributed by atoms with E-state index >= 15 is 0 Å². The molecule has 0 bridgehead atoms. The molecule has 1 amide bonds. The van der Waals surface area contributed by atoms with Crippen LogP contribution in [-0.2, 0) is 9.53 Å². The zero-order valence-corrected chi connectivity index (χ0v) is 13.6. The third kappa shape index (κ3) is 8.06. The number of guanidine groups is 1. The molecule has 6 nitrogen and oxygen atoms in total. The summed E-state index contributed by atoms with van der Waals surface area (Å²) in [6.45, 7) is 2.48. The van der Waals surface area contributed by atoms with E-state index in [1.165, 1.54) is 0 Å². The van der Waals surface area contributed by atoms with Gasteiger partial charge in [0.05, 0.1) is 0 Å². The van der Waals surface area contributed by atoms with Gasteiger partial charge in [-0.2, -0.15) is 13.2 Å². The lowest BCUT2D eigenvalue weighted by molar-refractivity contribution is -0.173. The largest absolute Gasteiger partial charge is 0.411 e. The summed E-state index contributed by atoms with van der Waals surface area (Å²) in [6.07, 6.45) is -2.49. The molecule has 134 valence electrons. The number of carbonyl (C=O) groups excluding carboxylic acids is 1. The monoisotopic (exact) mass is 338 g/mol. The van der Waals surface area contributed by atoms with Gasteiger partial charge in [0.25, 0.3) is 0 Å². The number of amides is 1. The van der Waals surface area contributed by atoms with E-state index in [1.807, 2.05) is 11.8 Å². The highest BCUT2D eigenvalue weighted by atomic mass is 19.4. The average molecular weight is 338 g/mol. The number of rotatable bonds is 7. The molecule has 1 saturated heterocycles. The molecule has 9 heteroatoms. The van der Waals surface area contributed by atoms with E-state index in [9.17, 15) is 18.0 Å². The molecule has 0 spiro atoms. The number of alkyl halides is 3. The van der Waals surface area contributed by atoms with Gasteiger partial charge < -0.3 is 20.3 Å². The minimum Gasteiger partial charge on any atom is -0.372 e. The summed E-state index contributed by atoms with van der Waals surface area (Å²) >= 11 is 0. The Morgan fingerprint density at radius 2 is 2.17 bits per heavy atom. The number of nitrogens with zero attached hydrogens (tertiary/aromatic N) is 2. The van der Waals surface area contributed by atoms with Gasteiger partial charge in [0.1, 0.15) is 6.61 Å². The maximum absolute atomic E-state index is 11.9. The minimum absolute atomic E-state index is 0.0334. The van der Waals surface area contributed by atoms with Gasteiger partial charge in [-0.25, -0.2) is 0 Å². The first-order chi connectivity index (χ1) is 10.9. The van der Waals surface area contributed by atoms with E-state index in [-0.39, 0.29) is 18.6 Å². The second kappa shape index (κ2) is 9.59. The van der Waals surface area contributed by atoms with E-state index in [0.29, 0.717) is 31.9 Å². The zero-order chi connectivity index (χ0) is 17.3. The van der Waals surface area contributed by atoms with Gasteiger partial charge in [0.2, 0.25) is 5.91 Å². The normalized spacial score (nSPS) is 19.1. The Morgan fingerprint density at radius 1 is 1.43 bits per heavy atom. The molecular weight excluding hydrogens is 313 g/mol. The van der Waals surface area contributed by atoms with Crippen molar-refractivity contribution < 1.29 is 22.7 Å². The highest BCUT2D eigenvalue weighted by Gasteiger charge is 2.27. The molecule has 1 aliphatic rings. The molecule has 1 aliphatic heterocycles. The third-order valence-corrected chi connectivity index (χ3v) is 3.43. The zero-order valence-electron chi connectivity index (χ0n) is 13.6.